The van der Waals surface area contributed by atoms with Gasteiger partial charge in [0.25, 0.3) is 0 Å². The minimum Gasteiger partial charge on any atom is -0.457 e. The first kappa shape index (κ1) is 29.8. The zero-order valence-corrected chi connectivity index (χ0v) is 23.5. The molecule has 2 heterocycles. The topological polar surface area (TPSA) is 110 Å². The Balaban J connectivity index is 1.91. The number of esters is 1. The average Bonchev–Trinajstić information content (AvgIpc) is 3.23. The van der Waals surface area contributed by atoms with Crippen molar-refractivity contribution in [3.05, 3.63) is 54.0 Å². The lowest BCUT2D eigenvalue weighted by atomic mass is 9.70. The first-order valence-corrected chi connectivity index (χ1v) is 13.7. The Morgan fingerprint density at radius 3 is 2.63 bits per heavy atom. The van der Waals surface area contributed by atoms with Crippen molar-refractivity contribution in [2.45, 2.75) is 97.9 Å². The lowest BCUT2D eigenvalue weighted by molar-refractivity contribution is -0.234. The Hall–Kier alpha value is -2.77. The van der Waals surface area contributed by atoms with Crippen molar-refractivity contribution >= 4 is 22.9 Å². The van der Waals surface area contributed by atoms with E-state index < -0.39 is 35.1 Å². The SMILES string of the molecule is C=CCCC1C(=O)C(C)(C)CCC(=O)OC(c2ccc3oc(C)nc3c2)CC=C(C)CCCC(C)C1(O)O. The molecule has 7 heteroatoms. The third kappa shape index (κ3) is 7.20. The maximum atomic E-state index is 13.7. The van der Waals surface area contributed by atoms with E-state index in [1.54, 1.807) is 33.8 Å². The number of hydrogen-bond acceptors (Lipinski definition) is 7. The van der Waals surface area contributed by atoms with Crippen LogP contribution in [0.1, 0.15) is 96.6 Å². The van der Waals surface area contributed by atoms with Gasteiger partial charge < -0.3 is 19.4 Å². The van der Waals surface area contributed by atoms with E-state index in [1.165, 1.54) is 0 Å². The number of carbonyl (C=O) groups is 2. The van der Waals surface area contributed by atoms with Gasteiger partial charge in [0, 0.05) is 31.1 Å². The van der Waals surface area contributed by atoms with Gasteiger partial charge >= 0.3 is 5.97 Å². The van der Waals surface area contributed by atoms with Crippen LogP contribution in [0.3, 0.4) is 0 Å². The molecule has 0 spiro atoms. The van der Waals surface area contributed by atoms with Crippen LogP contribution in [0.4, 0.5) is 0 Å². The quantitative estimate of drug-likeness (QED) is 0.266. The summed E-state index contributed by atoms with van der Waals surface area (Å²) in [5.74, 6) is -3.69. The largest absolute Gasteiger partial charge is 0.457 e. The van der Waals surface area contributed by atoms with Crippen molar-refractivity contribution in [3.63, 3.8) is 0 Å². The molecule has 0 saturated carbocycles. The number of oxazole rings is 1. The van der Waals surface area contributed by atoms with Gasteiger partial charge in [-0.1, -0.05) is 44.6 Å². The summed E-state index contributed by atoms with van der Waals surface area (Å²) >= 11 is 0. The molecule has 38 heavy (non-hydrogen) atoms. The Kier molecular flexibility index (Phi) is 9.71. The molecule has 0 saturated heterocycles. The number of aliphatic hydroxyl groups is 2. The Bertz CT molecular complexity index is 1170. The molecule has 0 radical (unpaired) electrons. The summed E-state index contributed by atoms with van der Waals surface area (Å²) < 4.78 is 11.5. The molecule has 7 nitrogen and oxygen atoms in total. The van der Waals surface area contributed by atoms with E-state index in [1.807, 2.05) is 25.1 Å². The molecule has 0 aliphatic carbocycles. The number of aryl methyl sites for hydroxylation is 1. The summed E-state index contributed by atoms with van der Waals surface area (Å²) in [6, 6.07) is 5.64. The normalized spacial score (nSPS) is 25.6. The van der Waals surface area contributed by atoms with Crippen LogP contribution in [-0.4, -0.2) is 32.7 Å². The highest BCUT2D eigenvalue weighted by molar-refractivity contribution is 5.87. The van der Waals surface area contributed by atoms with Gasteiger partial charge in [0.15, 0.2) is 17.3 Å². The number of allylic oxidation sites excluding steroid dienone is 2. The highest BCUT2D eigenvalue weighted by atomic mass is 16.5. The molecule has 1 aromatic carbocycles. The molecule has 1 aliphatic heterocycles. The minimum atomic E-state index is -2.14. The molecule has 1 aromatic heterocycles. The summed E-state index contributed by atoms with van der Waals surface area (Å²) in [7, 11) is 0. The van der Waals surface area contributed by atoms with E-state index in [-0.39, 0.29) is 18.6 Å². The first-order valence-electron chi connectivity index (χ1n) is 13.7. The average molecular weight is 526 g/mol. The highest BCUT2D eigenvalue weighted by Gasteiger charge is 2.47. The molecule has 0 amide bonds. The fraction of sp³-hybridized carbons (Fsp3) is 0.581. The number of ketones is 1. The number of cyclic esters (lactones) is 1. The lowest BCUT2D eigenvalue weighted by Gasteiger charge is -2.39. The van der Waals surface area contributed by atoms with Crippen LogP contribution >= 0.6 is 0 Å². The number of hydrogen-bond donors (Lipinski definition) is 2. The zero-order valence-electron chi connectivity index (χ0n) is 23.5. The van der Waals surface area contributed by atoms with Crippen LogP contribution < -0.4 is 0 Å². The molecule has 208 valence electrons. The van der Waals surface area contributed by atoms with Crippen molar-refractivity contribution < 1.29 is 29.0 Å². The predicted octanol–water partition coefficient (Wildman–Crippen LogP) is 6.52. The number of carbonyl (C=O) groups excluding carboxylic acids is 2. The van der Waals surface area contributed by atoms with Crippen LogP contribution in [-0.2, 0) is 14.3 Å². The van der Waals surface area contributed by atoms with Gasteiger partial charge in [-0.05, 0) is 63.1 Å². The summed E-state index contributed by atoms with van der Waals surface area (Å²) in [5, 5.41) is 22.4. The second-order valence-electron chi connectivity index (χ2n) is 11.5. The molecule has 2 N–H and O–H groups in total. The van der Waals surface area contributed by atoms with Crippen LogP contribution in [0.2, 0.25) is 0 Å². The van der Waals surface area contributed by atoms with E-state index in [4.69, 9.17) is 9.15 Å². The van der Waals surface area contributed by atoms with Crippen molar-refractivity contribution in [3.8, 4) is 0 Å². The number of aromatic nitrogens is 1. The molecular weight excluding hydrogens is 482 g/mol. The third-order valence-corrected chi connectivity index (χ3v) is 7.89. The fourth-order valence-electron chi connectivity index (χ4n) is 5.21. The fourth-order valence-corrected chi connectivity index (χ4v) is 5.21. The predicted molar refractivity (Wildman–Crippen MR) is 147 cm³/mol. The van der Waals surface area contributed by atoms with Crippen LogP contribution in [0.5, 0.6) is 0 Å². The first-order chi connectivity index (χ1) is 17.8. The Morgan fingerprint density at radius 1 is 1.18 bits per heavy atom. The van der Waals surface area contributed by atoms with Gasteiger partial charge in [-0.15, -0.1) is 6.58 Å². The van der Waals surface area contributed by atoms with Crippen LogP contribution in [0, 0.1) is 24.2 Å². The molecule has 3 unspecified atom stereocenters. The molecule has 0 bridgehead atoms. The van der Waals surface area contributed by atoms with E-state index >= 15 is 0 Å². The number of Topliss-reactive ketones (excluding diaryl/α,β-unsaturated/α-hetero) is 1. The number of rotatable bonds is 4. The molecule has 3 atom stereocenters. The Morgan fingerprint density at radius 2 is 1.92 bits per heavy atom. The van der Waals surface area contributed by atoms with Crippen molar-refractivity contribution in [1.29, 1.82) is 0 Å². The number of ether oxygens (including phenoxy) is 1. The van der Waals surface area contributed by atoms with E-state index in [9.17, 15) is 19.8 Å². The van der Waals surface area contributed by atoms with Crippen molar-refractivity contribution in [1.82, 2.24) is 4.98 Å². The Labute approximate surface area is 226 Å². The van der Waals surface area contributed by atoms with Crippen LogP contribution in [0.15, 0.2) is 46.9 Å². The summed E-state index contributed by atoms with van der Waals surface area (Å²) in [6.07, 6.45) is 6.91. The smallest absolute Gasteiger partial charge is 0.306 e. The summed E-state index contributed by atoms with van der Waals surface area (Å²) in [4.78, 5) is 31.1. The van der Waals surface area contributed by atoms with Crippen molar-refractivity contribution in [2.24, 2.45) is 17.3 Å². The van der Waals surface area contributed by atoms with Gasteiger partial charge in [0.05, 0.1) is 5.92 Å². The summed E-state index contributed by atoms with van der Waals surface area (Å²) in [6.45, 7) is 12.9. The molecular formula is C31H43NO6. The van der Waals surface area contributed by atoms with E-state index in [2.05, 4.69) is 17.6 Å². The maximum Gasteiger partial charge on any atom is 0.306 e. The monoisotopic (exact) mass is 525 g/mol. The standard InChI is InChI=1S/C31H43NO6/c1-7-8-12-24-29(34)30(5,6)18-17-28(33)38-26(23-14-16-27-25(19-23)32-22(4)37-27)15-13-20(2)10-9-11-21(3)31(24,35)36/h7,13-14,16,19,21,24,26,35-36H,1,8-12,15,17-18H2,2-6H3. The van der Waals surface area contributed by atoms with Crippen molar-refractivity contribution in [2.75, 3.05) is 0 Å². The van der Waals surface area contributed by atoms with Gasteiger partial charge in [-0.2, -0.15) is 0 Å². The number of nitrogens with zero attached hydrogens (tertiary/aromatic N) is 1. The van der Waals surface area contributed by atoms with Gasteiger partial charge in [-0.25, -0.2) is 4.98 Å². The minimum absolute atomic E-state index is 0.0385. The molecule has 1 aliphatic rings. The highest BCUT2D eigenvalue weighted by Crippen LogP contribution is 2.39. The number of fused-ring (bicyclic) bond motifs is 1. The summed E-state index contributed by atoms with van der Waals surface area (Å²) in [5.41, 5.74) is 2.42. The second-order valence-corrected chi connectivity index (χ2v) is 11.5. The van der Waals surface area contributed by atoms with Gasteiger partial charge in [-0.3, -0.25) is 9.59 Å². The van der Waals surface area contributed by atoms with E-state index in [0.717, 1.165) is 24.0 Å². The van der Waals surface area contributed by atoms with Gasteiger partial charge in [0.2, 0.25) is 0 Å². The number of benzene rings is 1. The lowest BCUT2D eigenvalue weighted by Crippen LogP contribution is -2.51. The molecule has 2 aromatic rings. The maximum absolute atomic E-state index is 13.7. The molecule has 0 fully saturated rings. The zero-order chi connectivity index (χ0) is 28.1. The second kappa shape index (κ2) is 12.4. The van der Waals surface area contributed by atoms with E-state index in [0.29, 0.717) is 42.7 Å². The third-order valence-electron chi connectivity index (χ3n) is 7.89. The van der Waals surface area contributed by atoms with Crippen LogP contribution in [0.25, 0.3) is 11.1 Å². The van der Waals surface area contributed by atoms with Gasteiger partial charge in [0.1, 0.15) is 17.4 Å². The molecule has 3 rings (SSSR count).